The number of aromatic amines is 1. The van der Waals surface area contributed by atoms with Gasteiger partial charge in [-0.1, -0.05) is 6.07 Å². The highest BCUT2D eigenvalue weighted by atomic mass is 16.3. The first-order valence-corrected chi connectivity index (χ1v) is 8.66. The predicted octanol–water partition coefficient (Wildman–Crippen LogP) is 1.99. The van der Waals surface area contributed by atoms with Crippen molar-refractivity contribution in [2.24, 2.45) is 0 Å². The Morgan fingerprint density at radius 1 is 1.15 bits per heavy atom. The van der Waals surface area contributed by atoms with Crippen molar-refractivity contribution < 1.29 is 14.0 Å². The molecule has 0 atom stereocenters. The Labute approximate surface area is 150 Å². The Hall–Kier alpha value is -3.09. The van der Waals surface area contributed by atoms with Crippen molar-refractivity contribution >= 4 is 22.9 Å². The molecule has 7 nitrogen and oxygen atoms in total. The molecule has 7 heteroatoms. The van der Waals surface area contributed by atoms with E-state index >= 15 is 0 Å². The van der Waals surface area contributed by atoms with Crippen molar-refractivity contribution in [2.75, 3.05) is 26.2 Å². The molecule has 3 aromatic rings. The maximum Gasteiger partial charge on any atom is 0.270 e. The minimum absolute atomic E-state index is 0.0195. The third kappa shape index (κ3) is 3.20. The fourth-order valence-electron chi connectivity index (χ4n) is 3.28. The van der Waals surface area contributed by atoms with Crippen LogP contribution in [0.1, 0.15) is 21.9 Å². The van der Waals surface area contributed by atoms with Crippen LogP contribution < -0.4 is 0 Å². The first kappa shape index (κ1) is 16.4. The average Bonchev–Trinajstić information content (AvgIpc) is 3.29. The lowest BCUT2D eigenvalue weighted by atomic mass is 10.1. The van der Waals surface area contributed by atoms with Crippen LogP contribution in [0.2, 0.25) is 0 Å². The molecule has 4 rings (SSSR count). The highest BCUT2D eigenvalue weighted by Crippen LogP contribution is 2.18. The summed E-state index contributed by atoms with van der Waals surface area (Å²) in [5, 5.41) is 0. The van der Waals surface area contributed by atoms with Crippen molar-refractivity contribution in [2.45, 2.75) is 13.3 Å². The maximum atomic E-state index is 12.6. The molecule has 1 aliphatic heterocycles. The van der Waals surface area contributed by atoms with Crippen LogP contribution in [-0.4, -0.2) is 57.8 Å². The van der Waals surface area contributed by atoms with Gasteiger partial charge < -0.3 is 19.2 Å². The number of carbonyl (C=O) groups excluding carboxylic acids is 2. The molecule has 1 fully saturated rings. The summed E-state index contributed by atoms with van der Waals surface area (Å²) in [6.45, 7) is 4.00. The van der Waals surface area contributed by atoms with Crippen LogP contribution in [0.4, 0.5) is 0 Å². The number of amides is 2. The van der Waals surface area contributed by atoms with Gasteiger partial charge in [0.15, 0.2) is 11.5 Å². The fraction of sp³-hybridized carbons (Fsp3) is 0.316. The number of hydrogen-bond donors (Lipinski definition) is 1. The van der Waals surface area contributed by atoms with Crippen molar-refractivity contribution in [3.63, 3.8) is 0 Å². The Morgan fingerprint density at radius 2 is 1.92 bits per heavy atom. The number of oxazole rings is 1. The third-order valence-corrected chi connectivity index (χ3v) is 4.66. The number of H-pyrrole nitrogens is 1. The Morgan fingerprint density at radius 3 is 2.65 bits per heavy atom. The zero-order valence-electron chi connectivity index (χ0n) is 14.6. The standard InChI is InChI=1S/C19H20N4O3/c1-13-21-16-11-14(4-5-17(16)26-13)12-18(24)22-7-9-23(10-8-22)19(25)15-3-2-6-20-15/h2-6,11,20H,7-10,12H2,1H3. The van der Waals surface area contributed by atoms with E-state index in [0.717, 1.165) is 16.7 Å². The largest absolute Gasteiger partial charge is 0.441 e. The number of nitrogens with one attached hydrogen (secondary N) is 1. The minimum atomic E-state index is -0.0195. The van der Waals surface area contributed by atoms with Gasteiger partial charge in [-0.25, -0.2) is 4.98 Å². The SMILES string of the molecule is Cc1nc2cc(CC(=O)N3CCN(C(=O)c4ccc[nH]4)CC3)ccc2o1. The lowest BCUT2D eigenvalue weighted by Gasteiger charge is -2.34. The lowest BCUT2D eigenvalue weighted by Crippen LogP contribution is -2.51. The van der Waals surface area contributed by atoms with E-state index in [1.165, 1.54) is 0 Å². The van der Waals surface area contributed by atoms with Crippen LogP contribution in [0.25, 0.3) is 11.1 Å². The summed E-state index contributed by atoms with van der Waals surface area (Å²) in [5.41, 5.74) is 3.01. The summed E-state index contributed by atoms with van der Waals surface area (Å²) in [7, 11) is 0. The summed E-state index contributed by atoms with van der Waals surface area (Å²) in [5.74, 6) is 0.664. The molecule has 0 aliphatic carbocycles. The number of rotatable bonds is 3. The van der Waals surface area contributed by atoms with Gasteiger partial charge in [-0.15, -0.1) is 0 Å². The van der Waals surface area contributed by atoms with Crippen LogP contribution in [0.5, 0.6) is 0 Å². The number of carbonyl (C=O) groups is 2. The molecule has 134 valence electrons. The fourth-order valence-corrected chi connectivity index (χ4v) is 3.28. The molecule has 2 amide bonds. The highest BCUT2D eigenvalue weighted by Gasteiger charge is 2.25. The molecule has 1 aliphatic rings. The number of hydrogen-bond acceptors (Lipinski definition) is 4. The van der Waals surface area contributed by atoms with Crippen LogP contribution >= 0.6 is 0 Å². The van der Waals surface area contributed by atoms with E-state index in [0.29, 0.717) is 44.2 Å². The molecule has 1 N–H and O–H groups in total. The molecule has 0 spiro atoms. The van der Waals surface area contributed by atoms with E-state index < -0.39 is 0 Å². The number of fused-ring (bicyclic) bond motifs is 1. The monoisotopic (exact) mass is 352 g/mol. The third-order valence-electron chi connectivity index (χ3n) is 4.66. The number of aryl methyl sites for hydroxylation is 1. The van der Waals surface area contributed by atoms with Gasteiger partial charge in [0.25, 0.3) is 5.91 Å². The molecule has 26 heavy (non-hydrogen) atoms. The quantitative estimate of drug-likeness (QED) is 0.781. The highest BCUT2D eigenvalue weighted by molar-refractivity contribution is 5.92. The van der Waals surface area contributed by atoms with Crippen LogP contribution in [0.15, 0.2) is 40.9 Å². The second-order valence-electron chi connectivity index (χ2n) is 6.47. The van der Waals surface area contributed by atoms with Crippen LogP contribution in [0, 0.1) is 6.92 Å². The van der Waals surface area contributed by atoms with Gasteiger partial charge in [-0.3, -0.25) is 9.59 Å². The molecule has 0 saturated carbocycles. The summed E-state index contributed by atoms with van der Waals surface area (Å²) in [4.78, 5) is 35.8. The first-order valence-electron chi connectivity index (χ1n) is 8.66. The summed E-state index contributed by atoms with van der Waals surface area (Å²) >= 11 is 0. The maximum absolute atomic E-state index is 12.6. The molecular weight excluding hydrogens is 332 g/mol. The Kier molecular flexibility index (Phi) is 4.20. The number of benzene rings is 1. The summed E-state index contributed by atoms with van der Waals surface area (Å²) < 4.78 is 5.46. The van der Waals surface area contributed by atoms with E-state index in [1.807, 2.05) is 23.1 Å². The number of aromatic nitrogens is 2. The molecule has 3 heterocycles. The van der Waals surface area contributed by atoms with E-state index in [4.69, 9.17) is 4.42 Å². The first-order chi connectivity index (χ1) is 12.6. The Bertz CT molecular complexity index is 937. The second kappa shape index (κ2) is 6.67. The van der Waals surface area contributed by atoms with Gasteiger partial charge in [0.05, 0.1) is 6.42 Å². The van der Waals surface area contributed by atoms with E-state index in [2.05, 4.69) is 9.97 Å². The van der Waals surface area contributed by atoms with Crippen LogP contribution in [-0.2, 0) is 11.2 Å². The smallest absolute Gasteiger partial charge is 0.270 e. The predicted molar refractivity (Wildman–Crippen MR) is 95.7 cm³/mol. The minimum Gasteiger partial charge on any atom is -0.441 e. The summed E-state index contributed by atoms with van der Waals surface area (Å²) in [6.07, 6.45) is 2.06. The van der Waals surface area contributed by atoms with Gasteiger partial charge in [0.1, 0.15) is 11.2 Å². The van der Waals surface area contributed by atoms with Crippen molar-refractivity contribution in [3.8, 4) is 0 Å². The normalized spacial score (nSPS) is 14.8. The van der Waals surface area contributed by atoms with Gasteiger partial charge in [-0.05, 0) is 29.8 Å². The molecular formula is C19H20N4O3. The van der Waals surface area contributed by atoms with Crippen molar-refractivity contribution in [1.29, 1.82) is 0 Å². The van der Waals surface area contributed by atoms with Gasteiger partial charge in [0.2, 0.25) is 5.91 Å². The van der Waals surface area contributed by atoms with Gasteiger partial charge in [-0.2, -0.15) is 0 Å². The van der Waals surface area contributed by atoms with Crippen LogP contribution in [0.3, 0.4) is 0 Å². The average molecular weight is 352 g/mol. The van der Waals surface area contributed by atoms with Crippen molar-refractivity contribution in [3.05, 3.63) is 53.7 Å². The zero-order chi connectivity index (χ0) is 18.1. The Balaban J connectivity index is 1.36. The zero-order valence-corrected chi connectivity index (χ0v) is 14.6. The number of nitrogens with zero attached hydrogens (tertiary/aromatic N) is 3. The lowest BCUT2D eigenvalue weighted by molar-refractivity contribution is -0.131. The molecule has 2 aromatic heterocycles. The molecule has 1 saturated heterocycles. The number of piperazine rings is 1. The second-order valence-corrected chi connectivity index (χ2v) is 6.47. The van der Waals surface area contributed by atoms with Crippen molar-refractivity contribution in [1.82, 2.24) is 19.8 Å². The van der Waals surface area contributed by atoms with E-state index in [1.54, 1.807) is 30.2 Å². The van der Waals surface area contributed by atoms with Gasteiger partial charge >= 0.3 is 0 Å². The topological polar surface area (TPSA) is 82.4 Å². The molecule has 1 aromatic carbocycles. The van der Waals surface area contributed by atoms with E-state index in [9.17, 15) is 9.59 Å². The summed E-state index contributed by atoms with van der Waals surface area (Å²) in [6, 6.07) is 9.22. The molecule has 0 unspecified atom stereocenters. The van der Waals surface area contributed by atoms with E-state index in [-0.39, 0.29) is 11.8 Å². The van der Waals surface area contributed by atoms with Gasteiger partial charge in [0, 0.05) is 39.3 Å². The molecule has 0 bridgehead atoms. The molecule has 0 radical (unpaired) electrons.